The van der Waals surface area contributed by atoms with Gasteiger partial charge in [-0.05, 0) is 12.1 Å². The van der Waals surface area contributed by atoms with Gasteiger partial charge in [-0.15, -0.1) is 0 Å². The van der Waals surface area contributed by atoms with Crippen molar-refractivity contribution in [1.82, 2.24) is 10.1 Å². The van der Waals surface area contributed by atoms with Crippen molar-refractivity contribution in [2.45, 2.75) is 6.42 Å². The number of carbonyl (C=O) groups is 1. The molecule has 0 fully saturated rings. The minimum absolute atomic E-state index is 0.139. The van der Waals surface area contributed by atoms with E-state index in [4.69, 9.17) is 21.4 Å². The Morgan fingerprint density at radius 1 is 1.50 bits per heavy atom. The topological polar surface area (TPSA) is 70.1 Å². The third-order valence-electron chi connectivity index (χ3n) is 2.75. The Bertz CT molecular complexity index is 660. The second-order valence-corrected chi connectivity index (χ2v) is 4.66. The van der Waals surface area contributed by atoms with Crippen molar-refractivity contribution >= 4 is 17.5 Å². The highest BCUT2D eigenvalue weighted by atomic mass is 35.5. The van der Waals surface area contributed by atoms with E-state index >= 15 is 0 Å². The maximum absolute atomic E-state index is 12.0. The summed E-state index contributed by atoms with van der Waals surface area (Å²) in [6.45, 7) is 0.350. The van der Waals surface area contributed by atoms with Crippen LogP contribution in [0.25, 0.3) is 11.3 Å². The molecule has 20 heavy (non-hydrogen) atoms. The molecule has 5 nitrogen and oxygen atoms in total. The summed E-state index contributed by atoms with van der Waals surface area (Å²) >= 11 is 5.91. The average molecular weight is 290 g/mol. The monoisotopic (exact) mass is 289 g/mol. The molecule has 0 aliphatic rings. The van der Waals surface area contributed by atoms with E-state index in [-0.39, 0.29) is 18.1 Å². The van der Waals surface area contributed by atoms with Gasteiger partial charge in [0.15, 0.2) is 0 Å². The molecule has 2 rings (SSSR count). The van der Waals surface area contributed by atoms with Gasteiger partial charge in [0.2, 0.25) is 5.76 Å². The van der Waals surface area contributed by atoms with Gasteiger partial charge in [-0.3, -0.25) is 4.79 Å². The molecular formula is C14H12ClN3O2. The van der Waals surface area contributed by atoms with Crippen LogP contribution in [0.5, 0.6) is 0 Å². The zero-order valence-corrected chi connectivity index (χ0v) is 11.6. The van der Waals surface area contributed by atoms with Crippen molar-refractivity contribution in [2.24, 2.45) is 0 Å². The Morgan fingerprint density at radius 2 is 2.30 bits per heavy atom. The minimum Gasteiger partial charge on any atom is -0.350 e. The lowest BCUT2D eigenvalue weighted by molar-refractivity contribution is 0.0757. The molecular weight excluding hydrogens is 278 g/mol. The van der Waals surface area contributed by atoms with Crippen LogP contribution < -0.4 is 0 Å². The first-order chi connectivity index (χ1) is 9.61. The lowest BCUT2D eigenvalue weighted by atomic mass is 10.1. The Kier molecular flexibility index (Phi) is 4.38. The van der Waals surface area contributed by atoms with E-state index in [9.17, 15) is 4.79 Å². The third-order valence-corrected chi connectivity index (χ3v) is 2.98. The fraction of sp³-hybridized carbons (Fsp3) is 0.214. The van der Waals surface area contributed by atoms with E-state index in [2.05, 4.69) is 5.16 Å². The van der Waals surface area contributed by atoms with E-state index in [0.717, 1.165) is 5.56 Å². The van der Waals surface area contributed by atoms with Crippen LogP contribution in [0.3, 0.4) is 0 Å². The number of amides is 1. The third kappa shape index (κ3) is 3.16. The van der Waals surface area contributed by atoms with Gasteiger partial charge in [-0.1, -0.05) is 28.9 Å². The first kappa shape index (κ1) is 14.1. The minimum atomic E-state index is -0.305. The standard InChI is InChI=1S/C14H12ClN3O2/c1-18(7-3-6-16)14(19)13-9-12(17-20-13)10-4-2-5-11(15)8-10/h2,4-5,8-9H,3,7H2,1H3. The first-order valence-corrected chi connectivity index (χ1v) is 6.34. The summed E-state index contributed by atoms with van der Waals surface area (Å²) in [6, 6.07) is 10.7. The highest BCUT2D eigenvalue weighted by molar-refractivity contribution is 6.30. The number of carbonyl (C=O) groups excluding carboxylic acids is 1. The molecule has 1 amide bonds. The molecule has 0 bridgehead atoms. The molecule has 0 saturated heterocycles. The predicted octanol–water partition coefficient (Wildman–Crippen LogP) is 2.98. The molecule has 0 radical (unpaired) electrons. The molecule has 1 heterocycles. The predicted molar refractivity (Wildman–Crippen MR) is 74.1 cm³/mol. The molecule has 1 aromatic carbocycles. The normalized spacial score (nSPS) is 10.1. The summed E-state index contributed by atoms with van der Waals surface area (Å²) in [5.41, 5.74) is 1.32. The summed E-state index contributed by atoms with van der Waals surface area (Å²) in [5.74, 6) is -0.165. The summed E-state index contributed by atoms with van der Waals surface area (Å²) in [6.07, 6.45) is 0.275. The largest absolute Gasteiger partial charge is 0.350 e. The average Bonchev–Trinajstić information content (AvgIpc) is 2.93. The maximum atomic E-state index is 12.0. The molecule has 0 saturated carbocycles. The van der Waals surface area contributed by atoms with Crippen LogP contribution in [-0.2, 0) is 0 Å². The molecule has 1 aromatic heterocycles. The van der Waals surface area contributed by atoms with Crippen molar-refractivity contribution in [3.63, 3.8) is 0 Å². The smallest absolute Gasteiger partial charge is 0.292 e. The van der Waals surface area contributed by atoms with Crippen LogP contribution in [0.15, 0.2) is 34.9 Å². The molecule has 0 spiro atoms. The van der Waals surface area contributed by atoms with Crippen LogP contribution in [0, 0.1) is 11.3 Å². The van der Waals surface area contributed by atoms with Gasteiger partial charge < -0.3 is 9.42 Å². The first-order valence-electron chi connectivity index (χ1n) is 5.97. The fourth-order valence-electron chi connectivity index (χ4n) is 1.67. The van der Waals surface area contributed by atoms with Crippen molar-refractivity contribution in [2.75, 3.05) is 13.6 Å². The number of nitriles is 1. The zero-order valence-electron chi connectivity index (χ0n) is 10.8. The van der Waals surface area contributed by atoms with Gasteiger partial charge in [-0.25, -0.2) is 0 Å². The second-order valence-electron chi connectivity index (χ2n) is 4.22. The molecule has 0 atom stereocenters. The summed E-state index contributed by atoms with van der Waals surface area (Å²) in [7, 11) is 1.61. The van der Waals surface area contributed by atoms with Gasteiger partial charge >= 0.3 is 0 Å². The van der Waals surface area contributed by atoms with E-state index in [1.54, 1.807) is 31.3 Å². The van der Waals surface area contributed by atoms with E-state index < -0.39 is 0 Å². The van der Waals surface area contributed by atoms with E-state index in [0.29, 0.717) is 17.3 Å². The molecule has 0 N–H and O–H groups in total. The molecule has 102 valence electrons. The van der Waals surface area contributed by atoms with E-state index in [1.807, 2.05) is 12.1 Å². The Morgan fingerprint density at radius 3 is 3.00 bits per heavy atom. The van der Waals surface area contributed by atoms with E-state index in [1.165, 1.54) is 4.90 Å². The van der Waals surface area contributed by atoms with Gasteiger partial charge in [0.1, 0.15) is 5.69 Å². The SMILES string of the molecule is CN(CCC#N)C(=O)c1cc(-c2cccc(Cl)c2)no1. The lowest BCUT2D eigenvalue weighted by Gasteiger charge is -2.12. The Labute approximate surface area is 121 Å². The van der Waals surface area contributed by atoms with Gasteiger partial charge in [-0.2, -0.15) is 5.26 Å². The van der Waals surface area contributed by atoms with Crippen LogP contribution in [-0.4, -0.2) is 29.6 Å². The number of benzene rings is 1. The van der Waals surface area contributed by atoms with Crippen molar-refractivity contribution in [3.05, 3.63) is 41.1 Å². The second kappa shape index (κ2) is 6.22. The molecule has 2 aromatic rings. The summed E-state index contributed by atoms with van der Waals surface area (Å²) in [5, 5.41) is 13.0. The quantitative estimate of drug-likeness (QED) is 0.867. The van der Waals surface area contributed by atoms with Crippen LogP contribution in [0.1, 0.15) is 17.0 Å². The fourth-order valence-corrected chi connectivity index (χ4v) is 1.86. The summed E-state index contributed by atoms with van der Waals surface area (Å²) < 4.78 is 5.05. The Balaban J connectivity index is 2.17. The van der Waals surface area contributed by atoms with Crippen LogP contribution >= 0.6 is 11.6 Å². The van der Waals surface area contributed by atoms with Crippen molar-refractivity contribution in [1.29, 1.82) is 5.26 Å². The molecule has 0 unspecified atom stereocenters. The van der Waals surface area contributed by atoms with Gasteiger partial charge in [0.25, 0.3) is 5.91 Å². The van der Waals surface area contributed by atoms with Crippen LogP contribution in [0.2, 0.25) is 5.02 Å². The lowest BCUT2D eigenvalue weighted by Crippen LogP contribution is -2.27. The van der Waals surface area contributed by atoms with Crippen molar-refractivity contribution in [3.8, 4) is 17.3 Å². The number of aromatic nitrogens is 1. The highest BCUT2D eigenvalue weighted by Gasteiger charge is 2.17. The Hall–Kier alpha value is -2.32. The van der Waals surface area contributed by atoms with Crippen LogP contribution in [0.4, 0.5) is 0 Å². The summed E-state index contributed by atoms with van der Waals surface area (Å²) in [4.78, 5) is 13.4. The number of hydrogen-bond acceptors (Lipinski definition) is 4. The van der Waals surface area contributed by atoms with Gasteiger partial charge in [0.05, 0.1) is 12.5 Å². The zero-order chi connectivity index (χ0) is 14.5. The van der Waals surface area contributed by atoms with Crippen molar-refractivity contribution < 1.29 is 9.32 Å². The molecule has 6 heteroatoms. The number of hydrogen-bond donors (Lipinski definition) is 0. The molecule has 0 aliphatic carbocycles. The maximum Gasteiger partial charge on any atom is 0.292 e. The number of rotatable bonds is 4. The van der Waals surface area contributed by atoms with Gasteiger partial charge in [0, 0.05) is 30.2 Å². The number of nitrogens with zero attached hydrogens (tertiary/aromatic N) is 3. The number of halogens is 1. The molecule has 0 aliphatic heterocycles. The highest BCUT2D eigenvalue weighted by Crippen LogP contribution is 2.22.